The van der Waals surface area contributed by atoms with Crippen LogP contribution in [0, 0.1) is 0 Å². The van der Waals surface area contributed by atoms with E-state index in [9.17, 15) is 4.79 Å². The summed E-state index contributed by atoms with van der Waals surface area (Å²) in [4.78, 5) is 29.1. The van der Waals surface area contributed by atoms with Crippen LogP contribution >= 0.6 is 11.3 Å². The molecule has 198 valence electrons. The maximum atomic E-state index is 13.4. The van der Waals surface area contributed by atoms with Crippen molar-refractivity contribution < 1.29 is 9.53 Å². The standard InChI is InChI=1S/C28H33N7O2S/c1-4-33(5-2)18(3)14-29-28(36)19-11-24(31-26(12-19)34-16-21-13-20(34)17-37-21)22-15-30-35-9-8-23(32-27(22)35)25-7-6-10-38-25/h6-12,15,18,20-21H,4-5,13-14,16-17H2,1-3H3,(H,29,36)/t18?,20-,21-/m0/s1. The molecule has 2 aliphatic heterocycles. The van der Waals surface area contributed by atoms with Gasteiger partial charge in [0.25, 0.3) is 5.91 Å². The minimum absolute atomic E-state index is 0.0989. The molecule has 0 radical (unpaired) electrons. The fourth-order valence-corrected chi connectivity index (χ4v) is 6.24. The molecular formula is C28H33N7O2S. The largest absolute Gasteiger partial charge is 0.374 e. The van der Waals surface area contributed by atoms with Crippen LogP contribution in [0.5, 0.6) is 0 Å². The number of likely N-dealkylation sites (N-methyl/N-ethyl adjacent to an activating group) is 1. The Hall–Kier alpha value is -3.34. The second kappa shape index (κ2) is 10.4. The summed E-state index contributed by atoms with van der Waals surface area (Å²) in [6.07, 6.45) is 4.93. The summed E-state index contributed by atoms with van der Waals surface area (Å²) in [6, 6.07) is 10.4. The van der Waals surface area contributed by atoms with E-state index < -0.39 is 0 Å². The molecule has 0 saturated carbocycles. The fourth-order valence-electron chi connectivity index (χ4n) is 5.54. The van der Waals surface area contributed by atoms with Crippen molar-refractivity contribution in [1.29, 1.82) is 0 Å². The summed E-state index contributed by atoms with van der Waals surface area (Å²) in [5.41, 5.74) is 3.70. The number of hydrogen-bond acceptors (Lipinski definition) is 8. The molecule has 38 heavy (non-hydrogen) atoms. The van der Waals surface area contributed by atoms with Gasteiger partial charge in [-0.15, -0.1) is 11.3 Å². The Morgan fingerprint density at radius 2 is 2.11 bits per heavy atom. The number of anilines is 1. The molecule has 10 heteroatoms. The number of amides is 1. The first kappa shape index (κ1) is 25.0. The van der Waals surface area contributed by atoms with Gasteiger partial charge in [0, 0.05) is 30.9 Å². The third kappa shape index (κ3) is 4.68. The van der Waals surface area contributed by atoms with Crippen molar-refractivity contribution in [3.63, 3.8) is 0 Å². The number of carbonyl (C=O) groups is 1. The minimum Gasteiger partial charge on any atom is -0.374 e. The van der Waals surface area contributed by atoms with Crippen molar-refractivity contribution in [3.05, 3.63) is 53.7 Å². The highest BCUT2D eigenvalue weighted by Gasteiger charge is 2.40. The monoisotopic (exact) mass is 531 g/mol. The quantitative estimate of drug-likeness (QED) is 0.350. The average molecular weight is 532 g/mol. The van der Waals surface area contributed by atoms with Crippen LogP contribution in [0.25, 0.3) is 27.5 Å². The topological polar surface area (TPSA) is 87.9 Å². The average Bonchev–Trinajstić information content (AvgIpc) is 3.76. The number of nitrogens with one attached hydrogen (secondary N) is 1. The summed E-state index contributed by atoms with van der Waals surface area (Å²) in [6.45, 7) is 10.4. The lowest BCUT2D eigenvalue weighted by Gasteiger charge is -2.29. The smallest absolute Gasteiger partial charge is 0.251 e. The number of aromatic nitrogens is 4. The van der Waals surface area contributed by atoms with Gasteiger partial charge in [0.1, 0.15) is 5.82 Å². The van der Waals surface area contributed by atoms with Gasteiger partial charge in [-0.05, 0) is 56.1 Å². The SMILES string of the molecule is CCN(CC)C(C)CNC(=O)c1cc(-c2cnn3ccc(-c4cccs4)nc23)nc(N2C[C@@H]3C[C@H]2CO3)c1. The maximum absolute atomic E-state index is 13.4. The molecule has 9 nitrogen and oxygen atoms in total. The van der Waals surface area contributed by atoms with Crippen LogP contribution in [0.2, 0.25) is 0 Å². The van der Waals surface area contributed by atoms with E-state index in [4.69, 9.17) is 14.7 Å². The molecule has 3 atom stereocenters. The van der Waals surface area contributed by atoms with E-state index in [1.807, 2.05) is 35.8 Å². The summed E-state index contributed by atoms with van der Waals surface area (Å²) in [5, 5.41) is 9.73. The van der Waals surface area contributed by atoms with Crippen LogP contribution in [-0.2, 0) is 4.74 Å². The van der Waals surface area contributed by atoms with Crippen molar-refractivity contribution in [2.24, 2.45) is 0 Å². The van der Waals surface area contributed by atoms with Gasteiger partial charge in [-0.1, -0.05) is 19.9 Å². The molecule has 2 aliphatic rings. The zero-order valence-electron chi connectivity index (χ0n) is 22.0. The molecule has 4 aromatic heterocycles. The molecule has 6 rings (SSSR count). The van der Waals surface area contributed by atoms with E-state index in [1.165, 1.54) is 0 Å². The van der Waals surface area contributed by atoms with Gasteiger partial charge in [-0.2, -0.15) is 5.10 Å². The Labute approximate surface area is 226 Å². The summed E-state index contributed by atoms with van der Waals surface area (Å²) < 4.78 is 7.58. The van der Waals surface area contributed by atoms with Crippen LogP contribution in [0.1, 0.15) is 37.6 Å². The highest BCUT2D eigenvalue weighted by Crippen LogP contribution is 2.34. The molecule has 4 aromatic rings. The lowest BCUT2D eigenvalue weighted by molar-refractivity contribution is 0.0938. The van der Waals surface area contributed by atoms with E-state index in [-0.39, 0.29) is 24.1 Å². The van der Waals surface area contributed by atoms with E-state index in [0.717, 1.165) is 48.0 Å². The van der Waals surface area contributed by atoms with Crippen LogP contribution in [0.4, 0.5) is 5.82 Å². The van der Waals surface area contributed by atoms with Crippen LogP contribution < -0.4 is 10.2 Å². The minimum atomic E-state index is -0.0989. The number of pyridine rings is 1. The maximum Gasteiger partial charge on any atom is 0.251 e. The van der Waals surface area contributed by atoms with Crippen molar-refractivity contribution in [3.8, 4) is 21.8 Å². The lowest BCUT2D eigenvalue weighted by atomic mass is 10.1. The predicted molar refractivity (Wildman–Crippen MR) is 150 cm³/mol. The van der Waals surface area contributed by atoms with Gasteiger partial charge < -0.3 is 15.0 Å². The molecule has 2 bridgehead atoms. The first-order chi connectivity index (χ1) is 18.5. The molecule has 1 unspecified atom stereocenters. The zero-order chi connectivity index (χ0) is 26.2. The molecule has 2 saturated heterocycles. The molecule has 0 aromatic carbocycles. The van der Waals surface area contributed by atoms with Crippen LogP contribution in [0.15, 0.2) is 48.1 Å². The van der Waals surface area contributed by atoms with Crippen molar-refractivity contribution in [2.45, 2.75) is 45.4 Å². The van der Waals surface area contributed by atoms with E-state index in [0.29, 0.717) is 30.1 Å². The molecule has 6 heterocycles. The zero-order valence-corrected chi connectivity index (χ0v) is 22.8. The lowest BCUT2D eigenvalue weighted by Crippen LogP contribution is -2.42. The second-order valence-electron chi connectivity index (χ2n) is 9.99. The van der Waals surface area contributed by atoms with Gasteiger partial charge in [-0.3, -0.25) is 9.69 Å². The Bertz CT molecular complexity index is 1430. The van der Waals surface area contributed by atoms with Gasteiger partial charge in [-0.25, -0.2) is 14.5 Å². The van der Waals surface area contributed by atoms with Gasteiger partial charge in [0.2, 0.25) is 0 Å². The molecule has 0 aliphatic carbocycles. The van der Waals surface area contributed by atoms with Gasteiger partial charge in [0.05, 0.1) is 46.8 Å². The van der Waals surface area contributed by atoms with Crippen molar-refractivity contribution >= 4 is 28.7 Å². The molecule has 0 spiro atoms. The number of hydrogen-bond donors (Lipinski definition) is 1. The number of thiophene rings is 1. The third-order valence-electron chi connectivity index (χ3n) is 7.68. The van der Waals surface area contributed by atoms with E-state index >= 15 is 0 Å². The Morgan fingerprint density at radius 3 is 2.82 bits per heavy atom. The van der Waals surface area contributed by atoms with Gasteiger partial charge >= 0.3 is 0 Å². The highest BCUT2D eigenvalue weighted by atomic mass is 32.1. The summed E-state index contributed by atoms with van der Waals surface area (Å²) in [5.74, 6) is 0.701. The third-order valence-corrected chi connectivity index (χ3v) is 8.57. The number of morpholine rings is 1. The Kier molecular flexibility index (Phi) is 6.86. The predicted octanol–water partition coefficient (Wildman–Crippen LogP) is 3.96. The second-order valence-corrected chi connectivity index (χ2v) is 10.9. The molecule has 1 amide bonds. The number of carbonyl (C=O) groups excluding carboxylic acids is 1. The Morgan fingerprint density at radius 1 is 1.24 bits per heavy atom. The molecule has 2 fully saturated rings. The number of ether oxygens (including phenoxy) is 1. The molecule has 1 N–H and O–H groups in total. The van der Waals surface area contributed by atoms with Crippen LogP contribution in [-0.4, -0.2) is 81.4 Å². The van der Waals surface area contributed by atoms with Crippen LogP contribution in [0.3, 0.4) is 0 Å². The molecular weight excluding hydrogens is 498 g/mol. The first-order valence-corrected chi connectivity index (χ1v) is 14.2. The number of fused-ring (bicyclic) bond motifs is 3. The van der Waals surface area contributed by atoms with Gasteiger partial charge in [0.15, 0.2) is 5.65 Å². The Balaban J connectivity index is 1.37. The normalized spacial score (nSPS) is 19.5. The highest BCUT2D eigenvalue weighted by molar-refractivity contribution is 7.13. The summed E-state index contributed by atoms with van der Waals surface area (Å²) >= 11 is 1.65. The van der Waals surface area contributed by atoms with E-state index in [2.05, 4.69) is 47.1 Å². The van der Waals surface area contributed by atoms with E-state index in [1.54, 1.807) is 22.0 Å². The number of nitrogens with zero attached hydrogens (tertiary/aromatic N) is 6. The summed E-state index contributed by atoms with van der Waals surface area (Å²) in [7, 11) is 0. The first-order valence-electron chi connectivity index (χ1n) is 13.3. The fraction of sp³-hybridized carbons (Fsp3) is 0.429. The van der Waals surface area contributed by atoms with Crippen molar-refractivity contribution in [2.75, 3.05) is 37.7 Å². The number of rotatable bonds is 9. The van der Waals surface area contributed by atoms with Crippen molar-refractivity contribution in [1.82, 2.24) is 29.8 Å².